The monoisotopic (exact) mass is 222 g/mol. The standard InChI is InChI=1S/C13H22N2O/c1-10(2)7-9-16-13-12(11(3)14-4)6-5-8-15-13/h5-6,8,10-11,14H,7,9H2,1-4H3. The zero-order valence-electron chi connectivity index (χ0n) is 10.7. The fourth-order valence-electron chi connectivity index (χ4n) is 1.40. The Bertz CT molecular complexity index is 313. The maximum absolute atomic E-state index is 5.72. The minimum atomic E-state index is 0.266. The molecular weight excluding hydrogens is 200 g/mol. The predicted octanol–water partition coefficient (Wildman–Crippen LogP) is 2.79. The van der Waals surface area contributed by atoms with Crippen molar-refractivity contribution in [2.75, 3.05) is 13.7 Å². The Hall–Kier alpha value is -1.09. The Morgan fingerprint density at radius 1 is 1.38 bits per heavy atom. The summed E-state index contributed by atoms with van der Waals surface area (Å²) in [5.74, 6) is 1.42. The van der Waals surface area contributed by atoms with E-state index in [2.05, 4.69) is 37.1 Å². The summed E-state index contributed by atoms with van der Waals surface area (Å²) >= 11 is 0. The minimum Gasteiger partial charge on any atom is -0.477 e. The van der Waals surface area contributed by atoms with E-state index in [9.17, 15) is 0 Å². The second kappa shape index (κ2) is 6.48. The normalized spacial score (nSPS) is 12.8. The van der Waals surface area contributed by atoms with E-state index in [1.54, 1.807) is 6.20 Å². The Kier molecular flexibility index (Phi) is 5.26. The smallest absolute Gasteiger partial charge is 0.218 e. The lowest BCUT2D eigenvalue weighted by Gasteiger charge is -2.15. The number of nitrogens with zero attached hydrogens (tertiary/aromatic N) is 1. The van der Waals surface area contributed by atoms with E-state index in [1.807, 2.05) is 13.1 Å². The fourth-order valence-corrected chi connectivity index (χ4v) is 1.40. The van der Waals surface area contributed by atoms with Crippen LogP contribution in [0.1, 0.15) is 38.8 Å². The summed E-state index contributed by atoms with van der Waals surface area (Å²) in [6, 6.07) is 4.26. The van der Waals surface area contributed by atoms with E-state index in [4.69, 9.17) is 4.74 Å². The van der Waals surface area contributed by atoms with Crippen molar-refractivity contribution in [2.24, 2.45) is 5.92 Å². The van der Waals surface area contributed by atoms with Gasteiger partial charge in [-0.25, -0.2) is 4.98 Å². The molecule has 0 fully saturated rings. The van der Waals surface area contributed by atoms with Gasteiger partial charge in [-0.05, 0) is 32.4 Å². The highest BCUT2D eigenvalue weighted by molar-refractivity contribution is 5.28. The van der Waals surface area contributed by atoms with Gasteiger partial charge in [0, 0.05) is 17.8 Å². The molecule has 0 amide bonds. The molecule has 3 heteroatoms. The van der Waals surface area contributed by atoms with Gasteiger partial charge < -0.3 is 10.1 Å². The van der Waals surface area contributed by atoms with Crippen molar-refractivity contribution in [3.05, 3.63) is 23.9 Å². The molecule has 90 valence electrons. The van der Waals surface area contributed by atoms with Crippen LogP contribution in [-0.4, -0.2) is 18.6 Å². The van der Waals surface area contributed by atoms with Gasteiger partial charge in [0.2, 0.25) is 5.88 Å². The lowest BCUT2D eigenvalue weighted by atomic mass is 10.1. The summed E-state index contributed by atoms with van der Waals surface area (Å²) in [6.45, 7) is 7.22. The first-order valence-electron chi connectivity index (χ1n) is 5.90. The number of ether oxygens (including phenoxy) is 1. The summed E-state index contributed by atoms with van der Waals surface area (Å²) in [7, 11) is 1.94. The van der Waals surface area contributed by atoms with Crippen LogP contribution in [0.4, 0.5) is 0 Å². The van der Waals surface area contributed by atoms with Gasteiger partial charge in [-0.15, -0.1) is 0 Å². The first-order chi connectivity index (χ1) is 7.65. The molecule has 0 aliphatic carbocycles. The molecule has 0 saturated heterocycles. The number of hydrogen-bond donors (Lipinski definition) is 1. The highest BCUT2D eigenvalue weighted by Crippen LogP contribution is 2.22. The zero-order chi connectivity index (χ0) is 12.0. The molecular formula is C13H22N2O. The lowest BCUT2D eigenvalue weighted by Crippen LogP contribution is -2.15. The number of aromatic nitrogens is 1. The van der Waals surface area contributed by atoms with E-state index in [-0.39, 0.29) is 6.04 Å². The van der Waals surface area contributed by atoms with Gasteiger partial charge in [0.25, 0.3) is 0 Å². The van der Waals surface area contributed by atoms with E-state index < -0.39 is 0 Å². The van der Waals surface area contributed by atoms with Gasteiger partial charge in [0.15, 0.2) is 0 Å². The zero-order valence-corrected chi connectivity index (χ0v) is 10.7. The van der Waals surface area contributed by atoms with Crippen LogP contribution in [0.5, 0.6) is 5.88 Å². The Morgan fingerprint density at radius 2 is 2.12 bits per heavy atom. The third-order valence-corrected chi connectivity index (χ3v) is 2.63. The largest absolute Gasteiger partial charge is 0.477 e. The van der Waals surface area contributed by atoms with E-state index >= 15 is 0 Å². The maximum atomic E-state index is 5.72. The first kappa shape index (κ1) is 13.0. The van der Waals surface area contributed by atoms with E-state index in [0.717, 1.165) is 24.5 Å². The molecule has 0 aliphatic heterocycles. The Labute approximate surface area is 98.2 Å². The van der Waals surface area contributed by atoms with Crippen LogP contribution < -0.4 is 10.1 Å². The molecule has 1 atom stereocenters. The topological polar surface area (TPSA) is 34.2 Å². The number of rotatable bonds is 6. The van der Waals surface area contributed by atoms with Crippen LogP contribution in [0.25, 0.3) is 0 Å². The van der Waals surface area contributed by atoms with Gasteiger partial charge in [-0.2, -0.15) is 0 Å². The number of hydrogen-bond acceptors (Lipinski definition) is 3. The summed E-state index contributed by atoms with van der Waals surface area (Å²) < 4.78 is 5.72. The van der Waals surface area contributed by atoms with Gasteiger partial charge in [0.05, 0.1) is 6.61 Å². The molecule has 0 spiro atoms. The van der Waals surface area contributed by atoms with Crippen LogP contribution in [0.15, 0.2) is 18.3 Å². The summed E-state index contributed by atoms with van der Waals surface area (Å²) in [4.78, 5) is 4.28. The molecule has 3 nitrogen and oxygen atoms in total. The molecule has 0 bridgehead atoms. The van der Waals surface area contributed by atoms with Crippen LogP contribution in [0, 0.1) is 5.92 Å². The van der Waals surface area contributed by atoms with Crippen molar-refractivity contribution < 1.29 is 4.74 Å². The quantitative estimate of drug-likeness (QED) is 0.803. The molecule has 0 aromatic carbocycles. The first-order valence-corrected chi connectivity index (χ1v) is 5.90. The molecule has 0 saturated carbocycles. The third kappa shape index (κ3) is 3.81. The molecule has 0 aliphatic rings. The molecule has 16 heavy (non-hydrogen) atoms. The average molecular weight is 222 g/mol. The SMILES string of the molecule is CNC(C)c1cccnc1OCCC(C)C. The van der Waals surface area contributed by atoms with Crippen molar-refractivity contribution in [3.8, 4) is 5.88 Å². The maximum Gasteiger partial charge on any atom is 0.218 e. The van der Waals surface area contributed by atoms with E-state index in [1.165, 1.54) is 0 Å². The molecule has 1 heterocycles. The molecule has 1 unspecified atom stereocenters. The Morgan fingerprint density at radius 3 is 2.75 bits per heavy atom. The van der Waals surface area contributed by atoms with Crippen molar-refractivity contribution in [3.63, 3.8) is 0 Å². The fraction of sp³-hybridized carbons (Fsp3) is 0.615. The van der Waals surface area contributed by atoms with Gasteiger partial charge >= 0.3 is 0 Å². The Balaban J connectivity index is 2.64. The molecule has 1 aromatic heterocycles. The van der Waals surface area contributed by atoms with Crippen molar-refractivity contribution in [1.29, 1.82) is 0 Å². The van der Waals surface area contributed by atoms with Gasteiger partial charge in [0.1, 0.15) is 0 Å². The van der Waals surface area contributed by atoms with Crippen molar-refractivity contribution >= 4 is 0 Å². The van der Waals surface area contributed by atoms with Crippen LogP contribution in [0.3, 0.4) is 0 Å². The van der Waals surface area contributed by atoms with Crippen LogP contribution >= 0.6 is 0 Å². The highest BCUT2D eigenvalue weighted by atomic mass is 16.5. The minimum absolute atomic E-state index is 0.266. The number of nitrogens with one attached hydrogen (secondary N) is 1. The van der Waals surface area contributed by atoms with Crippen LogP contribution in [-0.2, 0) is 0 Å². The number of pyridine rings is 1. The molecule has 1 rings (SSSR count). The predicted molar refractivity (Wildman–Crippen MR) is 66.7 cm³/mol. The van der Waals surface area contributed by atoms with Crippen molar-refractivity contribution in [2.45, 2.75) is 33.2 Å². The second-order valence-electron chi connectivity index (χ2n) is 4.44. The highest BCUT2D eigenvalue weighted by Gasteiger charge is 2.10. The lowest BCUT2D eigenvalue weighted by molar-refractivity contribution is 0.274. The molecule has 1 N–H and O–H groups in total. The average Bonchev–Trinajstić information content (AvgIpc) is 2.28. The summed E-state index contributed by atoms with van der Waals surface area (Å²) in [6.07, 6.45) is 2.83. The molecule has 0 radical (unpaired) electrons. The van der Waals surface area contributed by atoms with Crippen LogP contribution in [0.2, 0.25) is 0 Å². The van der Waals surface area contributed by atoms with Gasteiger partial charge in [-0.1, -0.05) is 19.9 Å². The van der Waals surface area contributed by atoms with E-state index in [0.29, 0.717) is 5.92 Å². The molecule has 1 aromatic rings. The third-order valence-electron chi connectivity index (χ3n) is 2.63. The second-order valence-corrected chi connectivity index (χ2v) is 4.44. The summed E-state index contributed by atoms with van der Waals surface area (Å²) in [5, 5.41) is 3.20. The summed E-state index contributed by atoms with van der Waals surface area (Å²) in [5.41, 5.74) is 1.12. The van der Waals surface area contributed by atoms with Gasteiger partial charge in [-0.3, -0.25) is 0 Å². The van der Waals surface area contributed by atoms with Crippen molar-refractivity contribution in [1.82, 2.24) is 10.3 Å².